The van der Waals surface area contributed by atoms with Crippen molar-refractivity contribution in [3.8, 4) is 5.75 Å². The molecule has 1 atom stereocenters. The zero-order valence-corrected chi connectivity index (χ0v) is 18.0. The molecule has 0 saturated heterocycles. The van der Waals surface area contributed by atoms with Gasteiger partial charge in [-0.2, -0.15) is 0 Å². The number of ether oxygens (including phenoxy) is 1. The number of hydrogen-bond acceptors (Lipinski definition) is 3. The van der Waals surface area contributed by atoms with Crippen LogP contribution in [-0.2, 0) is 16.0 Å². The molecule has 0 aliphatic rings. The summed E-state index contributed by atoms with van der Waals surface area (Å²) in [4.78, 5) is 23.8. The number of carboxylic acids is 1. The van der Waals surface area contributed by atoms with E-state index in [4.69, 9.17) is 4.74 Å². The SMILES string of the molecule is CCCCCc1cccc(C(C)=CC(=O)Nc2ccccc2OC(CC)C(=O)O)c1. The van der Waals surface area contributed by atoms with Crippen LogP contribution in [-0.4, -0.2) is 23.1 Å². The minimum Gasteiger partial charge on any atom is -0.479 e. The molecule has 2 rings (SSSR count). The Morgan fingerprint density at radius 2 is 1.87 bits per heavy atom. The van der Waals surface area contributed by atoms with E-state index in [9.17, 15) is 14.7 Å². The first-order valence-electron chi connectivity index (χ1n) is 10.5. The molecular weight excluding hydrogens is 378 g/mol. The summed E-state index contributed by atoms with van der Waals surface area (Å²) in [5.74, 6) is -0.986. The minimum atomic E-state index is -1.03. The lowest BCUT2D eigenvalue weighted by Gasteiger charge is -2.16. The van der Waals surface area contributed by atoms with E-state index in [2.05, 4.69) is 24.4 Å². The number of hydrogen-bond donors (Lipinski definition) is 2. The highest BCUT2D eigenvalue weighted by Crippen LogP contribution is 2.26. The van der Waals surface area contributed by atoms with E-state index in [1.807, 2.05) is 19.1 Å². The van der Waals surface area contributed by atoms with Crippen molar-refractivity contribution in [2.75, 3.05) is 5.32 Å². The van der Waals surface area contributed by atoms with Gasteiger partial charge in [0.1, 0.15) is 5.75 Å². The van der Waals surface area contributed by atoms with Gasteiger partial charge < -0.3 is 15.2 Å². The number of allylic oxidation sites excluding steroid dienone is 1. The Morgan fingerprint density at radius 1 is 1.10 bits per heavy atom. The standard InChI is InChI=1S/C25H31NO4/c1-4-6-7-11-19-12-10-13-20(17-19)18(3)16-24(27)26-21-14-8-9-15-23(21)30-22(5-2)25(28)29/h8-10,12-17,22H,4-7,11H2,1-3H3,(H,26,27)(H,28,29). The average Bonchev–Trinajstić information content (AvgIpc) is 2.73. The largest absolute Gasteiger partial charge is 0.479 e. The predicted octanol–water partition coefficient (Wildman–Crippen LogP) is 5.70. The number of carboxylic acid groups (broad SMARTS) is 1. The number of nitrogens with one attached hydrogen (secondary N) is 1. The number of para-hydroxylation sites is 2. The average molecular weight is 410 g/mol. The quantitative estimate of drug-likeness (QED) is 0.368. The van der Waals surface area contributed by atoms with Gasteiger partial charge in [0, 0.05) is 6.08 Å². The zero-order chi connectivity index (χ0) is 21.9. The molecule has 0 spiro atoms. The van der Waals surface area contributed by atoms with Crippen LogP contribution in [0.25, 0.3) is 5.57 Å². The third kappa shape index (κ3) is 7.07. The van der Waals surface area contributed by atoms with Gasteiger partial charge >= 0.3 is 5.97 Å². The van der Waals surface area contributed by atoms with Crippen molar-refractivity contribution in [3.05, 3.63) is 65.7 Å². The van der Waals surface area contributed by atoms with Gasteiger partial charge in [-0.15, -0.1) is 0 Å². The van der Waals surface area contributed by atoms with Crippen LogP contribution in [0.2, 0.25) is 0 Å². The van der Waals surface area contributed by atoms with E-state index >= 15 is 0 Å². The van der Waals surface area contributed by atoms with Gasteiger partial charge in [0.05, 0.1) is 5.69 Å². The van der Waals surface area contributed by atoms with Crippen LogP contribution in [0.5, 0.6) is 5.75 Å². The summed E-state index contributed by atoms with van der Waals surface area (Å²) < 4.78 is 5.57. The lowest BCUT2D eigenvalue weighted by Crippen LogP contribution is -2.26. The van der Waals surface area contributed by atoms with Crippen molar-refractivity contribution in [1.82, 2.24) is 0 Å². The van der Waals surface area contributed by atoms with Gasteiger partial charge in [-0.3, -0.25) is 4.79 Å². The van der Waals surface area contributed by atoms with Crippen LogP contribution < -0.4 is 10.1 Å². The summed E-state index contributed by atoms with van der Waals surface area (Å²) in [5.41, 5.74) is 3.59. The number of carbonyl (C=O) groups is 2. The number of aryl methyl sites for hydroxylation is 1. The fourth-order valence-electron chi connectivity index (χ4n) is 3.13. The molecule has 5 heteroatoms. The maximum atomic E-state index is 12.6. The van der Waals surface area contributed by atoms with Crippen molar-refractivity contribution in [3.63, 3.8) is 0 Å². The third-order valence-electron chi connectivity index (χ3n) is 4.86. The fourth-order valence-corrected chi connectivity index (χ4v) is 3.13. The van der Waals surface area contributed by atoms with E-state index in [1.165, 1.54) is 18.4 Å². The fraction of sp³-hybridized carbons (Fsp3) is 0.360. The van der Waals surface area contributed by atoms with E-state index in [0.29, 0.717) is 17.9 Å². The number of rotatable bonds is 11. The molecule has 0 aliphatic heterocycles. The molecule has 2 aromatic rings. The number of carbonyl (C=O) groups excluding carboxylic acids is 1. The van der Waals surface area contributed by atoms with Crippen LogP contribution in [0.3, 0.4) is 0 Å². The molecule has 1 unspecified atom stereocenters. The number of benzene rings is 2. The first-order chi connectivity index (χ1) is 14.4. The monoisotopic (exact) mass is 409 g/mol. The Hall–Kier alpha value is -3.08. The molecule has 0 saturated carbocycles. The second kappa shape index (κ2) is 11.8. The number of unbranched alkanes of at least 4 members (excludes halogenated alkanes) is 2. The highest BCUT2D eigenvalue weighted by molar-refractivity contribution is 6.04. The smallest absolute Gasteiger partial charge is 0.344 e. The van der Waals surface area contributed by atoms with Gasteiger partial charge in [-0.05, 0) is 55.0 Å². The van der Waals surface area contributed by atoms with E-state index < -0.39 is 12.1 Å². The molecule has 160 valence electrons. The predicted molar refractivity (Wildman–Crippen MR) is 121 cm³/mol. The summed E-state index contributed by atoms with van der Waals surface area (Å²) in [7, 11) is 0. The second-order valence-corrected chi connectivity index (χ2v) is 7.32. The normalized spacial score (nSPS) is 12.3. The lowest BCUT2D eigenvalue weighted by molar-refractivity contribution is -0.145. The summed E-state index contributed by atoms with van der Waals surface area (Å²) >= 11 is 0. The van der Waals surface area contributed by atoms with Crippen molar-refractivity contribution in [2.45, 2.75) is 59.0 Å². The van der Waals surface area contributed by atoms with Crippen LogP contribution in [0, 0.1) is 0 Å². The van der Waals surface area contributed by atoms with Crippen molar-refractivity contribution < 1.29 is 19.4 Å². The Labute approximate surface area is 178 Å². The molecule has 0 fully saturated rings. The summed E-state index contributed by atoms with van der Waals surface area (Å²) in [6.45, 7) is 5.84. The molecular formula is C25H31NO4. The maximum absolute atomic E-state index is 12.6. The Morgan fingerprint density at radius 3 is 2.57 bits per heavy atom. The van der Waals surface area contributed by atoms with Gasteiger partial charge in [-0.25, -0.2) is 4.79 Å². The molecule has 30 heavy (non-hydrogen) atoms. The van der Waals surface area contributed by atoms with Gasteiger partial charge in [0.15, 0.2) is 6.10 Å². The molecule has 0 bridgehead atoms. The van der Waals surface area contributed by atoms with Crippen molar-refractivity contribution >= 4 is 23.1 Å². The molecule has 2 aromatic carbocycles. The summed E-state index contributed by atoms with van der Waals surface area (Å²) in [6, 6.07) is 15.1. The highest BCUT2D eigenvalue weighted by Gasteiger charge is 2.18. The van der Waals surface area contributed by atoms with E-state index in [1.54, 1.807) is 37.3 Å². The topological polar surface area (TPSA) is 75.6 Å². The van der Waals surface area contributed by atoms with E-state index in [0.717, 1.165) is 24.0 Å². The molecule has 0 heterocycles. The van der Waals surface area contributed by atoms with Crippen LogP contribution >= 0.6 is 0 Å². The Bertz CT molecular complexity index is 888. The number of aliphatic carboxylic acids is 1. The molecule has 0 radical (unpaired) electrons. The van der Waals surface area contributed by atoms with Gasteiger partial charge in [0.25, 0.3) is 0 Å². The number of anilines is 1. The highest BCUT2D eigenvalue weighted by atomic mass is 16.5. The van der Waals surface area contributed by atoms with Gasteiger partial charge in [-0.1, -0.05) is 63.1 Å². The Kier molecular flexibility index (Phi) is 9.13. The molecule has 2 N–H and O–H groups in total. The number of amides is 1. The van der Waals surface area contributed by atoms with Crippen LogP contribution in [0.15, 0.2) is 54.6 Å². The third-order valence-corrected chi connectivity index (χ3v) is 4.86. The van der Waals surface area contributed by atoms with Crippen LogP contribution in [0.4, 0.5) is 5.69 Å². The molecule has 0 aromatic heterocycles. The molecule has 1 amide bonds. The van der Waals surface area contributed by atoms with Crippen molar-refractivity contribution in [2.24, 2.45) is 0 Å². The first-order valence-corrected chi connectivity index (χ1v) is 10.5. The molecule has 0 aliphatic carbocycles. The Balaban J connectivity index is 2.10. The maximum Gasteiger partial charge on any atom is 0.344 e. The second-order valence-electron chi connectivity index (χ2n) is 7.32. The van der Waals surface area contributed by atoms with Crippen molar-refractivity contribution in [1.29, 1.82) is 0 Å². The van der Waals surface area contributed by atoms with Crippen LogP contribution in [0.1, 0.15) is 57.6 Å². The summed E-state index contributed by atoms with van der Waals surface area (Å²) in [6.07, 6.45) is 5.51. The molecule has 5 nitrogen and oxygen atoms in total. The zero-order valence-electron chi connectivity index (χ0n) is 18.0. The minimum absolute atomic E-state index is 0.289. The summed E-state index contributed by atoms with van der Waals surface area (Å²) in [5, 5.41) is 12.0. The van der Waals surface area contributed by atoms with Gasteiger partial charge in [0.2, 0.25) is 5.91 Å². The lowest BCUT2D eigenvalue weighted by atomic mass is 10.0. The first kappa shape index (κ1) is 23.2. The van der Waals surface area contributed by atoms with E-state index in [-0.39, 0.29) is 5.91 Å².